The second-order valence-electron chi connectivity index (χ2n) is 14.2. The molecular weight excluding hydrogens is 681 g/mol. The van der Waals surface area contributed by atoms with E-state index in [0.29, 0.717) is 5.82 Å². The smallest absolute Gasteiger partial charge is 0.160 e. The van der Waals surface area contributed by atoms with Crippen molar-refractivity contribution in [2.75, 3.05) is 0 Å². The second kappa shape index (κ2) is 13.1. The van der Waals surface area contributed by atoms with E-state index in [2.05, 4.69) is 203 Å². The van der Waals surface area contributed by atoms with Crippen LogP contribution in [0.3, 0.4) is 0 Å². The van der Waals surface area contributed by atoms with Gasteiger partial charge in [0.15, 0.2) is 5.82 Å². The van der Waals surface area contributed by atoms with Crippen LogP contribution in [0.15, 0.2) is 206 Å². The van der Waals surface area contributed by atoms with Crippen LogP contribution in [0.1, 0.15) is 0 Å². The van der Waals surface area contributed by atoms with E-state index in [0.717, 1.165) is 45.0 Å². The lowest BCUT2D eigenvalue weighted by molar-refractivity contribution is 1.16. The molecule has 3 heterocycles. The Morgan fingerprint density at radius 3 is 1.38 bits per heavy atom. The summed E-state index contributed by atoms with van der Waals surface area (Å²) in [6.45, 7) is 0. The number of benzene rings is 8. The van der Waals surface area contributed by atoms with Crippen molar-refractivity contribution in [3.05, 3.63) is 206 Å². The highest BCUT2D eigenvalue weighted by atomic mass is 15.0. The Hall–Kier alpha value is -7.56. The van der Waals surface area contributed by atoms with Crippen molar-refractivity contribution in [1.29, 1.82) is 0 Å². The fraction of sp³-hybridized carbons (Fsp3) is 0. The average Bonchev–Trinajstić information content (AvgIpc) is 3.80. The van der Waals surface area contributed by atoms with Crippen LogP contribution in [0.5, 0.6) is 0 Å². The van der Waals surface area contributed by atoms with Gasteiger partial charge in [-0.2, -0.15) is 0 Å². The number of nitrogens with zero attached hydrogens (tertiary/aromatic N) is 4. The zero-order chi connectivity index (χ0) is 37.0. The van der Waals surface area contributed by atoms with Crippen LogP contribution < -0.4 is 0 Å². The van der Waals surface area contributed by atoms with E-state index in [1.54, 1.807) is 0 Å². The summed E-state index contributed by atoms with van der Waals surface area (Å²) in [5, 5.41) is 4.97. The van der Waals surface area contributed by atoms with Crippen molar-refractivity contribution in [3.8, 4) is 56.4 Å². The third kappa shape index (κ3) is 5.15. The minimum absolute atomic E-state index is 0.698. The molecule has 11 aromatic rings. The monoisotopic (exact) mass is 714 g/mol. The van der Waals surface area contributed by atoms with Crippen molar-refractivity contribution < 1.29 is 0 Å². The van der Waals surface area contributed by atoms with Gasteiger partial charge >= 0.3 is 0 Å². The largest absolute Gasteiger partial charge is 0.309 e. The van der Waals surface area contributed by atoms with Gasteiger partial charge in [0, 0.05) is 49.5 Å². The van der Waals surface area contributed by atoms with E-state index in [-0.39, 0.29) is 0 Å². The molecule has 0 atom stereocenters. The Balaban J connectivity index is 1.10. The molecule has 0 aliphatic heterocycles. The van der Waals surface area contributed by atoms with Crippen molar-refractivity contribution in [1.82, 2.24) is 19.1 Å². The third-order valence-corrected chi connectivity index (χ3v) is 11.0. The zero-order valence-corrected chi connectivity index (χ0v) is 30.4. The van der Waals surface area contributed by atoms with Gasteiger partial charge in [-0.25, -0.2) is 9.97 Å². The fourth-order valence-corrected chi connectivity index (χ4v) is 8.44. The molecule has 0 radical (unpaired) electrons. The van der Waals surface area contributed by atoms with Crippen LogP contribution >= 0.6 is 0 Å². The van der Waals surface area contributed by atoms with Gasteiger partial charge in [-0.15, -0.1) is 0 Å². The first-order chi connectivity index (χ1) is 27.8. The van der Waals surface area contributed by atoms with Gasteiger partial charge in [-0.1, -0.05) is 146 Å². The van der Waals surface area contributed by atoms with E-state index >= 15 is 0 Å². The van der Waals surface area contributed by atoms with Crippen LogP contribution in [0.25, 0.3) is 100 Å². The van der Waals surface area contributed by atoms with Crippen LogP contribution in [0.4, 0.5) is 0 Å². The topological polar surface area (TPSA) is 35.6 Å². The molecular formula is C52H34N4. The standard InChI is InChI=1S/C52H34N4/c1-4-16-35(17-5-1)40-22-10-13-25-45(40)56-47-27-15-12-24-42(47)51-49(56)33-32-48-50(51)41-23-11-14-26-46(41)55(48)39-30-28-38(29-31-39)52-53-43(36-18-6-2-7-19-36)34-44(54-52)37-20-8-3-9-21-37/h1-34H. The first kappa shape index (κ1) is 31.9. The van der Waals surface area contributed by atoms with Gasteiger partial charge in [0.25, 0.3) is 0 Å². The number of aromatic nitrogens is 4. The Morgan fingerprint density at radius 2 is 0.786 bits per heavy atom. The highest BCUT2D eigenvalue weighted by Gasteiger charge is 2.21. The molecule has 8 aromatic carbocycles. The predicted molar refractivity (Wildman–Crippen MR) is 232 cm³/mol. The number of para-hydroxylation sites is 3. The Kier molecular flexibility index (Phi) is 7.46. The zero-order valence-electron chi connectivity index (χ0n) is 30.4. The number of fused-ring (bicyclic) bond motifs is 7. The molecule has 3 aromatic heterocycles. The molecule has 262 valence electrons. The Labute approximate surface area is 324 Å². The van der Waals surface area contributed by atoms with E-state index in [1.165, 1.54) is 49.2 Å². The van der Waals surface area contributed by atoms with Crippen LogP contribution in [-0.4, -0.2) is 19.1 Å². The first-order valence-electron chi connectivity index (χ1n) is 19.0. The predicted octanol–water partition coefficient (Wildman–Crippen LogP) is 13.3. The maximum absolute atomic E-state index is 5.09. The molecule has 0 saturated heterocycles. The summed E-state index contributed by atoms with van der Waals surface area (Å²) in [4.78, 5) is 10.2. The summed E-state index contributed by atoms with van der Waals surface area (Å²) in [5.41, 5.74) is 14.2. The van der Waals surface area contributed by atoms with E-state index < -0.39 is 0 Å². The highest BCUT2D eigenvalue weighted by molar-refractivity contribution is 6.29. The summed E-state index contributed by atoms with van der Waals surface area (Å²) in [6, 6.07) is 73.1. The second-order valence-corrected chi connectivity index (χ2v) is 14.2. The normalized spacial score (nSPS) is 11.6. The molecule has 0 fully saturated rings. The molecule has 0 aliphatic rings. The summed E-state index contributed by atoms with van der Waals surface area (Å²) in [7, 11) is 0. The van der Waals surface area contributed by atoms with Crippen molar-refractivity contribution in [2.24, 2.45) is 0 Å². The third-order valence-electron chi connectivity index (χ3n) is 11.0. The van der Waals surface area contributed by atoms with Gasteiger partial charge in [0.2, 0.25) is 0 Å². The lowest BCUT2D eigenvalue weighted by Gasteiger charge is -2.14. The van der Waals surface area contributed by atoms with E-state index in [1.807, 2.05) is 12.1 Å². The number of hydrogen-bond donors (Lipinski definition) is 0. The van der Waals surface area contributed by atoms with Crippen LogP contribution in [-0.2, 0) is 0 Å². The molecule has 0 aliphatic carbocycles. The molecule has 0 N–H and O–H groups in total. The summed E-state index contributed by atoms with van der Waals surface area (Å²) < 4.78 is 4.84. The fourth-order valence-electron chi connectivity index (χ4n) is 8.44. The minimum Gasteiger partial charge on any atom is -0.309 e. The first-order valence-corrected chi connectivity index (χ1v) is 19.0. The van der Waals surface area contributed by atoms with Gasteiger partial charge < -0.3 is 9.13 Å². The number of hydrogen-bond acceptors (Lipinski definition) is 2. The highest BCUT2D eigenvalue weighted by Crippen LogP contribution is 2.43. The molecule has 56 heavy (non-hydrogen) atoms. The van der Waals surface area contributed by atoms with Crippen molar-refractivity contribution in [2.45, 2.75) is 0 Å². The lowest BCUT2D eigenvalue weighted by atomic mass is 10.0. The maximum Gasteiger partial charge on any atom is 0.160 e. The summed E-state index contributed by atoms with van der Waals surface area (Å²) in [6.07, 6.45) is 0. The maximum atomic E-state index is 5.09. The summed E-state index contributed by atoms with van der Waals surface area (Å²) in [5.74, 6) is 0.698. The van der Waals surface area contributed by atoms with Gasteiger partial charge in [0.1, 0.15) is 0 Å². The van der Waals surface area contributed by atoms with Gasteiger partial charge in [-0.05, 0) is 66.2 Å². The quantitative estimate of drug-likeness (QED) is 0.172. The van der Waals surface area contributed by atoms with Gasteiger partial charge in [-0.3, -0.25) is 0 Å². The SMILES string of the molecule is c1ccc(-c2cc(-c3ccccc3)nc(-c3ccc(-n4c5ccccc5c5c6c7ccccc7n(-c7ccccc7-c7ccccc7)c6ccc54)cc3)n2)cc1. The average molecular weight is 715 g/mol. The van der Waals surface area contributed by atoms with Crippen molar-refractivity contribution >= 4 is 43.6 Å². The van der Waals surface area contributed by atoms with Crippen molar-refractivity contribution in [3.63, 3.8) is 0 Å². The number of rotatable bonds is 6. The van der Waals surface area contributed by atoms with E-state index in [9.17, 15) is 0 Å². The van der Waals surface area contributed by atoms with Crippen LogP contribution in [0, 0.1) is 0 Å². The minimum atomic E-state index is 0.698. The Morgan fingerprint density at radius 1 is 0.321 bits per heavy atom. The van der Waals surface area contributed by atoms with Gasteiger partial charge in [0.05, 0.1) is 39.1 Å². The molecule has 0 amide bonds. The summed E-state index contributed by atoms with van der Waals surface area (Å²) >= 11 is 0. The molecule has 4 heteroatoms. The lowest BCUT2D eigenvalue weighted by Crippen LogP contribution is -1.98. The van der Waals surface area contributed by atoms with E-state index in [4.69, 9.17) is 9.97 Å². The Bertz CT molecular complexity index is 3160. The molecule has 0 bridgehead atoms. The molecule has 0 spiro atoms. The molecule has 0 saturated carbocycles. The van der Waals surface area contributed by atoms with Crippen LogP contribution in [0.2, 0.25) is 0 Å². The molecule has 11 rings (SSSR count). The molecule has 0 unspecified atom stereocenters. The molecule has 4 nitrogen and oxygen atoms in total.